The van der Waals surface area contributed by atoms with E-state index in [4.69, 9.17) is 11.2 Å². The summed E-state index contributed by atoms with van der Waals surface area (Å²) in [6.07, 6.45) is 5.40. The molecule has 0 N–H and O–H groups in total. The highest BCUT2D eigenvalue weighted by Gasteiger charge is 2.11. The Morgan fingerprint density at radius 2 is 2.12 bits per heavy atom. The minimum Gasteiger partial charge on any atom is -0.494 e. The van der Waals surface area contributed by atoms with Crippen molar-refractivity contribution in [2.75, 3.05) is 6.61 Å². The predicted molar refractivity (Wildman–Crippen MR) is 68.9 cm³/mol. The summed E-state index contributed by atoms with van der Waals surface area (Å²) in [6.45, 7) is 5.32. The molecule has 0 spiro atoms. The Morgan fingerprint density at radius 3 is 2.82 bits per heavy atom. The van der Waals surface area contributed by atoms with E-state index in [1.165, 1.54) is 5.69 Å². The number of aryl methyl sites for hydroxylation is 1. The SMILES string of the molecule is C#CC[n+]1c(C)ccc2cc(OCC)ccc21. The number of nitrogens with zero attached hydrogens (tertiary/aromatic N) is 1. The second kappa shape index (κ2) is 4.88. The Bertz CT molecular complexity index is 581. The van der Waals surface area contributed by atoms with Crippen LogP contribution in [0.25, 0.3) is 10.9 Å². The third-order valence-corrected chi connectivity index (χ3v) is 2.78. The Kier molecular flexibility index (Phi) is 3.30. The summed E-state index contributed by atoms with van der Waals surface area (Å²) >= 11 is 0. The van der Waals surface area contributed by atoms with E-state index in [1.807, 2.05) is 19.1 Å². The predicted octanol–water partition coefficient (Wildman–Crippen LogP) is 2.47. The molecule has 2 aromatic rings. The van der Waals surface area contributed by atoms with Crippen LogP contribution < -0.4 is 9.30 Å². The first kappa shape index (κ1) is 11.5. The monoisotopic (exact) mass is 226 g/mol. The van der Waals surface area contributed by atoms with Crippen molar-refractivity contribution in [1.29, 1.82) is 0 Å². The van der Waals surface area contributed by atoms with Crippen LogP contribution in [0, 0.1) is 19.3 Å². The molecule has 0 aliphatic heterocycles. The normalized spacial score (nSPS) is 10.2. The number of pyridine rings is 1. The third kappa shape index (κ3) is 2.24. The lowest BCUT2D eigenvalue weighted by atomic mass is 10.2. The van der Waals surface area contributed by atoms with Gasteiger partial charge in [0.05, 0.1) is 12.0 Å². The lowest BCUT2D eigenvalue weighted by Crippen LogP contribution is -2.37. The van der Waals surface area contributed by atoms with Crippen LogP contribution in [0.2, 0.25) is 0 Å². The number of fused-ring (bicyclic) bond motifs is 1. The minimum atomic E-state index is 0.594. The summed E-state index contributed by atoms with van der Waals surface area (Å²) in [5.74, 6) is 3.59. The molecule has 17 heavy (non-hydrogen) atoms. The maximum Gasteiger partial charge on any atom is 0.213 e. The van der Waals surface area contributed by atoms with E-state index in [0.717, 1.165) is 16.7 Å². The molecule has 0 aliphatic carbocycles. The Balaban J connectivity index is 2.59. The van der Waals surface area contributed by atoms with Gasteiger partial charge in [-0.2, -0.15) is 4.57 Å². The number of terminal acetylenes is 1. The summed E-state index contributed by atoms with van der Waals surface area (Å²) in [7, 11) is 0. The molecule has 0 radical (unpaired) electrons. The number of rotatable bonds is 3. The van der Waals surface area contributed by atoms with Crippen LogP contribution in [0.5, 0.6) is 5.75 Å². The summed E-state index contributed by atoms with van der Waals surface area (Å²) < 4.78 is 7.62. The van der Waals surface area contributed by atoms with Crippen LogP contribution in [0.1, 0.15) is 12.6 Å². The van der Waals surface area contributed by atoms with Gasteiger partial charge in [0, 0.05) is 19.1 Å². The average Bonchev–Trinajstić information content (AvgIpc) is 2.33. The van der Waals surface area contributed by atoms with Gasteiger partial charge < -0.3 is 4.74 Å². The molecule has 0 unspecified atom stereocenters. The highest BCUT2D eigenvalue weighted by atomic mass is 16.5. The Labute approximate surface area is 102 Å². The molecule has 0 fully saturated rings. The minimum absolute atomic E-state index is 0.594. The van der Waals surface area contributed by atoms with Gasteiger partial charge in [-0.25, -0.2) is 0 Å². The van der Waals surface area contributed by atoms with Gasteiger partial charge in [-0.1, -0.05) is 0 Å². The molecule has 1 aromatic heterocycles. The zero-order chi connectivity index (χ0) is 12.3. The lowest BCUT2D eigenvalue weighted by molar-refractivity contribution is -0.664. The molecule has 0 aliphatic rings. The van der Waals surface area contributed by atoms with Gasteiger partial charge in [0.15, 0.2) is 5.69 Å². The van der Waals surface area contributed by atoms with E-state index >= 15 is 0 Å². The van der Waals surface area contributed by atoms with Gasteiger partial charge in [0.2, 0.25) is 12.1 Å². The van der Waals surface area contributed by atoms with E-state index in [2.05, 4.69) is 35.6 Å². The molecule has 2 rings (SSSR count). The first-order valence-corrected chi connectivity index (χ1v) is 5.75. The number of hydrogen-bond acceptors (Lipinski definition) is 1. The van der Waals surface area contributed by atoms with Gasteiger partial charge in [-0.15, -0.1) is 6.42 Å². The van der Waals surface area contributed by atoms with Crippen molar-refractivity contribution < 1.29 is 9.30 Å². The Hall–Kier alpha value is -2.01. The second-order valence-electron chi connectivity index (χ2n) is 3.92. The van der Waals surface area contributed by atoms with E-state index in [1.54, 1.807) is 0 Å². The van der Waals surface area contributed by atoms with Crippen molar-refractivity contribution in [2.45, 2.75) is 20.4 Å². The van der Waals surface area contributed by atoms with Crippen LogP contribution in [0.15, 0.2) is 30.3 Å². The van der Waals surface area contributed by atoms with Crippen LogP contribution >= 0.6 is 0 Å². The quantitative estimate of drug-likeness (QED) is 0.579. The number of benzene rings is 1. The average molecular weight is 226 g/mol. The zero-order valence-corrected chi connectivity index (χ0v) is 10.2. The zero-order valence-electron chi connectivity index (χ0n) is 10.2. The van der Waals surface area contributed by atoms with E-state index in [0.29, 0.717) is 13.2 Å². The first-order chi connectivity index (χ1) is 8.26. The molecule has 1 aromatic carbocycles. The van der Waals surface area contributed by atoms with Crippen molar-refractivity contribution in [1.82, 2.24) is 0 Å². The fraction of sp³-hybridized carbons (Fsp3) is 0.267. The van der Waals surface area contributed by atoms with Crippen LogP contribution in [0.4, 0.5) is 0 Å². The van der Waals surface area contributed by atoms with Gasteiger partial charge in [0.1, 0.15) is 5.75 Å². The summed E-state index contributed by atoms with van der Waals surface area (Å²) in [6, 6.07) is 10.3. The second-order valence-corrected chi connectivity index (χ2v) is 3.92. The molecule has 0 bridgehead atoms. The van der Waals surface area contributed by atoms with Gasteiger partial charge in [0.25, 0.3) is 0 Å². The number of ether oxygens (including phenoxy) is 1. The molecule has 86 valence electrons. The number of aromatic nitrogens is 1. The van der Waals surface area contributed by atoms with Crippen LogP contribution in [-0.2, 0) is 6.54 Å². The van der Waals surface area contributed by atoms with Crippen LogP contribution in [0.3, 0.4) is 0 Å². The largest absolute Gasteiger partial charge is 0.494 e. The van der Waals surface area contributed by atoms with Crippen molar-refractivity contribution in [3.8, 4) is 18.1 Å². The van der Waals surface area contributed by atoms with Crippen molar-refractivity contribution in [2.24, 2.45) is 0 Å². The molecule has 1 heterocycles. The number of hydrogen-bond donors (Lipinski definition) is 0. The van der Waals surface area contributed by atoms with Crippen molar-refractivity contribution in [3.63, 3.8) is 0 Å². The molecule has 2 heteroatoms. The highest BCUT2D eigenvalue weighted by molar-refractivity contribution is 5.77. The lowest BCUT2D eigenvalue weighted by Gasteiger charge is -2.05. The van der Waals surface area contributed by atoms with Gasteiger partial charge >= 0.3 is 0 Å². The molecule has 0 saturated heterocycles. The molecular formula is C15H16NO+. The fourth-order valence-corrected chi connectivity index (χ4v) is 1.96. The third-order valence-electron chi connectivity index (χ3n) is 2.78. The topological polar surface area (TPSA) is 13.1 Å². The van der Waals surface area contributed by atoms with Crippen molar-refractivity contribution >= 4 is 10.9 Å². The standard InChI is InChI=1S/C15H16NO/c1-4-10-16-12(3)6-7-13-11-14(17-5-2)8-9-15(13)16/h1,6-9,11H,5,10H2,2-3H3/q+1. The van der Waals surface area contributed by atoms with Crippen LogP contribution in [-0.4, -0.2) is 6.61 Å². The van der Waals surface area contributed by atoms with Gasteiger partial charge in [-0.3, -0.25) is 0 Å². The molecule has 0 atom stereocenters. The van der Waals surface area contributed by atoms with Gasteiger partial charge in [-0.05, 0) is 31.0 Å². The maximum absolute atomic E-state index is 5.49. The van der Waals surface area contributed by atoms with E-state index in [-0.39, 0.29) is 0 Å². The van der Waals surface area contributed by atoms with E-state index in [9.17, 15) is 0 Å². The first-order valence-electron chi connectivity index (χ1n) is 5.75. The molecule has 2 nitrogen and oxygen atoms in total. The van der Waals surface area contributed by atoms with Crippen molar-refractivity contribution in [3.05, 3.63) is 36.0 Å². The molecular weight excluding hydrogens is 210 g/mol. The summed E-state index contributed by atoms with van der Waals surface area (Å²) in [5.41, 5.74) is 2.31. The fourth-order valence-electron chi connectivity index (χ4n) is 1.96. The summed E-state index contributed by atoms with van der Waals surface area (Å²) in [4.78, 5) is 0. The molecule has 0 saturated carbocycles. The highest BCUT2D eigenvalue weighted by Crippen LogP contribution is 2.18. The molecule has 0 amide bonds. The summed E-state index contributed by atoms with van der Waals surface area (Å²) in [5, 5.41) is 1.15. The Morgan fingerprint density at radius 1 is 1.29 bits per heavy atom. The smallest absolute Gasteiger partial charge is 0.213 e. The van der Waals surface area contributed by atoms with E-state index < -0.39 is 0 Å². The maximum atomic E-state index is 5.49.